The van der Waals surface area contributed by atoms with Crippen molar-refractivity contribution in [3.63, 3.8) is 0 Å². The van der Waals surface area contributed by atoms with Crippen LogP contribution in [0.25, 0.3) is 16.6 Å². The number of nitrogens with zero attached hydrogens (tertiary/aromatic N) is 4. The topological polar surface area (TPSA) is 112 Å². The minimum atomic E-state index is -5.08. The number of nitrogen functional groups attached to an aromatic ring is 1. The van der Waals surface area contributed by atoms with E-state index < -0.39 is 12.1 Å². The van der Waals surface area contributed by atoms with Crippen LogP contribution in [-0.2, 0) is 11.2 Å². The van der Waals surface area contributed by atoms with Gasteiger partial charge in [0.15, 0.2) is 11.3 Å². The van der Waals surface area contributed by atoms with Crippen LogP contribution in [0.2, 0.25) is 0 Å². The van der Waals surface area contributed by atoms with Gasteiger partial charge in [0, 0.05) is 19.5 Å². The minimum Gasteiger partial charge on any atom is -0.475 e. The molecule has 0 spiro atoms. The van der Waals surface area contributed by atoms with Gasteiger partial charge in [-0.25, -0.2) is 18.6 Å². The van der Waals surface area contributed by atoms with Crippen molar-refractivity contribution in [2.24, 2.45) is 5.92 Å². The van der Waals surface area contributed by atoms with Crippen molar-refractivity contribution >= 4 is 34.3 Å². The number of hydrogen-bond acceptors (Lipinski definition) is 5. The molecule has 36 heavy (non-hydrogen) atoms. The van der Waals surface area contributed by atoms with Gasteiger partial charge in [0.05, 0.1) is 23.5 Å². The molecule has 0 bridgehead atoms. The molecule has 1 aliphatic rings. The fraction of sp³-hybridized carbons (Fsp3) is 0.304. The molecule has 1 aliphatic heterocycles. The molecular formula is C23H22F5N6O2+. The lowest BCUT2D eigenvalue weighted by atomic mass is 9.92. The van der Waals surface area contributed by atoms with E-state index in [0.717, 1.165) is 49.5 Å². The van der Waals surface area contributed by atoms with E-state index >= 15 is 0 Å². The molecule has 0 aliphatic carbocycles. The Kier molecular flexibility index (Phi) is 6.91. The molecule has 190 valence electrons. The number of nitrogens with one attached hydrogen (secondary N) is 1. The number of fused-ring (bicyclic) bond motifs is 3. The lowest BCUT2D eigenvalue weighted by Gasteiger charge is -2.32. The maximum atomic E-state index is 14.1. The third-order valence-electron chi connectivity index (χ3n) is 5.92. The van der Waals surface area contributed by atoms with E-state index in [-0.39, 0.29) is 23.1 Å². The van der Waals surface area contributed by atoms with Gasteiger partial charge in [-0.15, -0.1) is 4.98 Å². The molecule has 1 aromatic carbocycles. The molecule has 0 saturated carbocycles. The number of anilines is 2. The quantitative estimate of drug-likeness (QED) is 0.287. The number of rotatable bonds is 3. The zero-order valence-corrected chi connectivity index (χ0v) is 18.8. The Bertz CT molecular complexity index is 1380. The van der Waals surface area contributed by atoms with Crippen LogP contribution in [0, 0.1) is 17.6 Å². The number of aromatic amines is 1. The monoisotopic (exact) mass is 509 g/mol. The van der Waals surface area contributed by atoms with Gasteiger partial charge in [-0.1, -0.05) is 6.07 Å². The summed E-state index contributed by atoms with van der Waals surface area (Å²) in [5, 5.41) is 7.84. The number of carbonyl (C=O) groups is 1. The van der Waals surface area contributed by atoms with Gasteiger partial charge in [0.2, 0.25) is 5.65 Å². The number of benzene rings is 1. The maximum Gasteiger partial charge on any atom is 0.490 e. The number of piperidine rings is 1. The van der Waals surface area contributed by atoms with Crippen molar-refractivity contribution in [2.75, 3.05) is 23.7 Å². The molecule has 5 rings (SSSR count). The average Bonchev–Trinajstić information content (AvgIpc) is 3.26. The van der Waals surface area contributed by atoms with Crippen molar-refractivity contribution in [1.29, 1.82) is 0 Å². The Balaban J connectivity index is 0.000000384. The molecule has 0 atom stereocenters. The Morgan fingerprint density at radius 2 is 1.89 bits per heavy atom. The summed E-state index contributed by atoms with van der Waals surface area (Å²) in [6.45, 7) is 1.77. The van der Waals surface area contributed by atoms with Crippen molar-refractivity contribution in [3.05, 3.63) is 60.1 Å². The number of H-pyrrole nitrogens is 1. The second kappa shape index (κ2) is 9.91. The van der Waals surface area contributed by atoms with Gasteiger partial charge in [-0.05, 0) is 43.0 Å². The third kappa shape index (κ3) is 5.44. The first-order valence-corrected chi connectivity index (χ1v) is 11.0. The second-order valence-electron chi connectivity index (χ2n) is 8.38. The standard InChI is InChI=1S/C21H20F2N6.C2HF3O2/c22-14-4-5-18(25-11-14)28-8-6-13(7-9-28)10-15-12-29-20(26-15)16-2-1-3-17(23)19(16)27-21(29)24;3-2(4,5)1(6)7/h1-5,11-13H,6-10H2,(H2,24,26,27);(H,6,7)/p+1. The number of carboxylic acids is 1. The molecule has 13 heteroatoms. The van der Waals surface area contributed by atoms with Gasteiger partial charge in [-0.2, -0.15) is 17.6 Å². The summed E-state index contributed by atoms with van der Waals surface area (Å²) >= 11 is 0. The Morgan fingerprint density at radius 3 is 2.50 bits per heavy atom. The number of pyridine rings is 1. The Labute approximate surface area is 201 Å². The fourth-order valence-corrected chi connectivity index (χ4v) is 4.17. The highest BCUT2D eigenvalue weighted by Crippen LogP contribution is 2.25. The molecule has 4 heterocycles. The number of hydrogen-bond donors (Lipinski definition) is 3. The number of carboxylic acid groups (broad SMARTS) is 1. The van der Waals surface area contributed by atoms with E-state index in [1.807, 2.05) is 12.3 Å². The summed E-state index contributed by atoms with van der Waals surface area (Å²) in [7, 11) is 0. The predicted octanol–water partition coefficient (Wildman–Crippen LogP) is 3.65. The lowest BCUT2D eigenvalue weighted by molar-refractivity contribution is -0.495. The zero-order chi connectivity index (χ0) is 26.0. The molecule has 0 amide bonds. The highest BCUT2D eigenvalue weighted by atomic mass is 19.4. The van der Waals surface area contributed by atoms with Crippen molar-refractivity contribution in [3.8, 4) is 0 Å². The van der Waals surface area contributed by atoms with Crippen LogP contribution in [0.3, 0.4) is 0 Å². The van der Waals surface area contributed by atoms with E-state index in [1.54, 1.807) is 16.5 Å². The number of para-hydroxylation sites is 1. The van der Waals surface area contributed by atoms with Crippen LogP contribution in [0.15, 0.2) is 42.7 Å². The fourth-order valence-electron chi connectivity index (χ4n) is 4.17. The minimum absolute atomic E-state index is 0.261. The van der Waals surface area contributed by atoms with Gasteiger partial charge in [-0.3, -0.25) is 4.98 Å². The van der Waals surface area contributed by atoms with Crippen LogP contribution in [0.1, 0.15) is 18.5 Å². The van der Waals surface area contributed by atoms with E-state index in [9.17, 15) is 22.0 Å². The van der Waals surface area contributed by atoms with Crippen molar-refractivity contribution in [1.82, 2.24) is 15.0 Å². The maximum absolute atomic E-state index is 14.1. The van der Waals surface area contributed by atoms with Crippen molar-refractivity contribution in [2.45, 2.75) is 25.4 Å². The summed E-state index contributed by atoms with van der Waals surface area (Å²) in [6.07, 6.45) is 1.04. The summed E-state index contributed by atoms with van der Waals surface area (Å²) in [5.74, 6) is -1.86. The van der Waals surface area contributed by atoms with Gasteiger partial charge in [0.1, 0.15) is 11.6 Å². The molecular weight excluding hydrogens is 487 g/mol. The largest absolute Gasteiger partial charge is 0.490 e. The van der Waals surface area contributed by atoms with E-state index in [2.05, 4.69) is 19.9 Å². The third-order valence-corrected chi connectivity index (χ3v) is 5.92. The molecule has 0 radical (unpaired) electrons. The lowest BCUT2D eigenvalue weighted by Crippen LogP contribution is -2.34. The summed E-state index contributed by atoms with van der Waals surface area (Å²) in [6, 6.07) is 8.08. The summed E-state index contributed by atoms with van der Waals surface area (Å²) in [5.41, 5.74) is 8.14. The number of alkyl halides is 3. The molecule has 1 saturated heterocycles. The number of nitrogens with two attached hydrogens (primary N) is 1. The van der Waals surface area contributed by atoms with Crippen LogP contribution in [-0.4, -0.2) is 45.3 Å². The van der Waals surface area contributed by atoms with Crippen LogP contribution in [0.4, 0.5) is 33.7 Å². The van der Waals surface area contributed by atoms with E-state index in [4.69, 9.17) is 15.6 Å². The van der Waals surface area contributed by atoms with Gasteiger partial charge < -0.3 is 15.7 Å². The zero-order valence-electron chi connectivity index (χ0n) is 18.8. The van der Waals surface area contributed by atoms with E-state index in [1.165, 1.54) is 18.3 Å². The highest BCUT2D eigenvalue weighted by molar-refractivity contribution is 5.90. The summed E-state index contributed by atoms with van der Waals surface area (Å²) < 4.78 is 60.7. The molecule has 4 N–H and O–H groups in total. The van der Waals surface area contributed by atoms with Crippen LogP contribution in [0.5, 0.6) is 0 Å². The first kappa shape index (κ1) is 25.1. The van der Waals surface area contributed by atoms with Crippen LogP contribution >= 0.6 is 0 Å². The molecule has 3 aromatic heterocycles. The summed E-state index contributed by atoms with van der Waals surface area (Å²) in [4.78, 5) is 22.9. The van der Waals surface area contributed by atoms with Crippen molar-refractivity contribution < 1.29 is 36.3 Å². The molecule has 0 unspecified atom stereocenters. The smallest absolute Gasteiger partial charge is 0.475 e. The SMILES string of the molecule is Nc1nc2c(F)cccc2c2[nH]c(CC3CCN(c4ccc(F)cn4)CC3)c[n+]12.O=C(O)C(F)(F)F. The second-order valence-corrected chi connectivity index (χ2v) is 8.38. The first-order chi connectivity index (χ1) is 17.0. The normalized spacial score (nSPS) is 14.6. The van der Waals surface area contributed by atoms with Crippen LogP contribution < -0.4 is 15.0 Å². The Hall–Kier alpha value is -4.03. The molecule has 4 aromatic rings. The number of imidazole rings is 1. The first-order valence-electron chi connectivity index (χ1n) is 11.0. The molecule has 8 nitrogen and oxygen atoms in total. The number of halogens is 5. The van der Waals surface area contributed by atoms with Gasteiger partial charge in [0.25, 0.3) is 0 Å². The predicted molar refractivity (Wildman–Crippen MR) is 120 cm³/mol. The van der Waals surface area contributed by atoms with Gasteiger partial charge >= 0.3 is 18.1 Å². The molecule has 1 fully saturated rings. The average molecular weight is 509 g/mol. The van der Waals surface area contributed by atoms with E-state index in [0.29, 0.717) is 11.3 Å². The number of aromatic nitrogens is 4. The number of aliphatic carboxylic acids is 1. The highest BCUT2D eigenvalue weighted by Gasteiger charge is 2.38. The Morgan fingerprint density at radius 1 is 1.19 bits per heavy atom.